The molecule has 0 aliphatic heterocycles. The van der Waals surface area contributed by atoms with Crippen molar-refractivity contribution in [3.05, 3.63) is 80.3 Å². The largest absolute Gasteiger partial charge is 0.478 e. The molecule has 0 fully saturated rings. The number of pyridine rings is 1. The van der Waals surface area contributed by atoms with Gasteiger partial charge in [0.05, 0.1) is 16.5 Å². The summed E-state index contributed by atoms with van der Waals surface area (Å²) < 4.78 is 14.0. The number of aromatic amines is 1. The predicted octanol–water partition coefficient (Wildman–Crippen LogP) is 2.95. The van der Waals surface area contributed by atoms with Crippen molar-refractivity contribution in [3.63, 3.8) is 0 Å². The van der Waals surface area contributed by atoms with Crippen LogP contribution in [0, 0.1) is 5.82 Å². The van der Waals surface area contributed by atoms with E-state index in [9.17, 15) is 18.8 Å². The Bertz CT molecular complexity index is 1080. The van der Waals surface area contributed by atoms with Gasteiger partial charge in [0.15, 0.2) is 0 Å². The zero-order chi connectivity index (χ0) is 18.8. The lowest BCUT2D eigenvalue weighted by Gasteiger charge is -2.07. The Hall–Kier alpha value is -3.19. The number of nitrogens with one attached hydrogen (secondary N) is 2. The number of amides is 1. The van der Waals surface area contributed by atoms with E-state index in [0.29, 0.717) is 5.02 Å². The van der Waals surface area contributed by atoms with Crippen LogP contribution in [0.15, 0.2) is 47.4 Å². The molecular weight excluding hydrogens is 363 g/mol. The van der Waals surface area contributed by atoms with E-state index in [-0.39, 0.29) is 28.6 Å². The van der Waals surface area contributed by atoms with E-state index in [2.05, 4.69) is 10.3 Å². The van der Waals surface area contributed by atoms with E-state index in [1.165, 1.54) is 0 Å². The third-order valence-electron chi connectivity index (χ3n) is 3.80. The number of aromatic carboxylic acids is 1. The minimum absolute atomic E-state index is 0.158. The molecule has 132 valence electrons. The highest BCUT2D eigenvalue weighted by atomic mass is 35.5. The van der Waals surface area contributed by atoms with Crippen molar-refractivity contribution in [3.8, 4) is 0 Å². The molecule has 0 aliphatic carbocycles. The monoisotopic (exact) mass is 374 g/mol. The van der Waals surface area contributed by atoms with Gasteiger partial charge in [-0.05, 0) is 29.8 Å². The summed E-state index contributed by atoms with van der Waals surface area (Å²) in [7, 11) is 0. The van der Waals surface area contributed by atoms with Crippen LogP contribution in [0.1, 0.15) is 26.3 Å². The summed E-state index contributed by atoms with van der Waals surface area (Å²) in [6, 6.07) is 8.63. The minimum Gasteiger partial charge on any atom is -0.478 e. The van der Waals surface area contributed by atoms with Gasteiger partial charge in [-0.3, -0.25) is 9.59 Å². The summed E-state index contributed by atoms with van der Waals surface area (Å²) in [5, 5.41) is 11.9. The molecule has 0 radical (unpaired) electrons. The number of aromatic nitrogens is 1. The molecule has 1 heterocycles. The normalized spacial score (nSPS) is 10.7. The maximum Gasteiger partial charge on any atom is 0.335 e. The first-order valence-electron chi connectivity index (χ1n) is 7.47. The van der Waals surface area contributed by atoms with Gasteiger partial charge in [-0.25, -0.2) is 9.18 Å². The standard InChI is InChI=1S/C18H12ClFN2O4/c19-11-3-1-9(2-4-11)7-22-17(24)13-8-21-15-12(16(13)23)5-10(18(25)26)6-14(15)20/h1-6,8H,7H2,(H,21,23)(H,22,24)(H,25,26). The van der Waals surface area contributed by atoms with Crippen molar-refractivity contribution >= 4 is 34.4 Å². The van der Waals surface area contributed by atoms with Crippen LogP contribution in [0.3, 0.4) is 0 Å². The summed E-state index contributed by atoms with van der Waals surface area (Å²) in [5.41, 5.74) is -0.754. The number of carboxylic acids is 1. The predicted molar refractivity (Wildman–Crippen MR) is 94.1 cm³/mol. The van der Waals surface area contributed by atoms with Crippen LogP contribution in [0.25, 0.3) is 10.9 Å². The first-order valence-corrected chi connectivity index (χ1v) is 7.85. The van der Waals surface area contributed by atoms with Crippen LogP contribution in [-0.2, 0) is 6.54 Å². The van der Waals surface area contributed by atoms with Gasteiger partial charge in [0.25, 0.3) is 5.91 Å². The average Bonchev–Trinajstić information content (AvgIpc) is 2.61. The molecule has 0 saturated carbocycles. The zero-order valence-corrected chi connectivity index (χ0v) is 13.9. The van der Waals surface area contributed by atoms with E-state index >= 15 is 0 Å². The van der Waals surface area contributed by atoms with Crippen molar-refractivity contribution in [1.29, 1.82) is 0 Å². The van der Waals surface area contributed by atoms with Crippen LogP contribution in [0.2, 0.25) is 5.02 Å². The average molecular weight is 375 g/mol. The second-order valence-corrected chi connectivity index (χ2v) is 5.96. The Balaban J connectivity index is 1.93. The number of rotatable bonds is 4. The van der Waals surface area contributed by atoms with Crippen molar-refractivity contribution in [2.45, 2.75) is 6.54 Å². The molecule has 0 aliphatic rings. The number of H-pyrrole nitrogens is 1. The maximum atomic E-state index is 14.0. The van der Waals surface area contributed by atoms with Crippen molar-refractivity contribution in [1.82, 2.24) is 10.3 Å². The molecule has 2 aromatic carbocycles. The SMILES string of the molecule is O=C(O)c1cc(F)c2[nH]cc(C(=O)NCc3ccc(Cl)cc3)c(=O)c2c1. The second-order valence-electron chi connectivity index (χ2n) is 5.53. The minimum atomic E-state index is -1.37. The van der Waals surface area contributed by atoms with Crippen molar-refractivity contribution < 1.29 is 19.1 Å². The van der Waals surface area contributed by atoms with E-state index in [4.69, 9.17) is 16.7 Å². The molecule has 0 unspecified atom stereocenters. The lowest BCUT2D eigenvalue weighted by Crippen LogP contribution is -2.28. The highest BCUT2D eigenvalue weighted by Crippen LogP contribution is 2.16. The smallest absolute Gasteiger partial charge is 0.335 e. The molecule has 0 atom stereocenters. The number of fused-ring (bicyclic) bond motifs is 1. The van der Waals surface area contributed by atoms with E-state index < -0.39 is 23.1 Å². The fourth-order valence-electron chi connectivity index (χ4n) is 2.46. The third-order valence-corrected chi connectivity index (χ3v) is 4.05. The quantitative estimate of drug-likeness (QED) is 0.653. The Kier molecular flexibility index (Phi) is 4.73. The van der Waals surface area contributed by atoms with E-state index in [1.807, 2.05) is 0 Å². The van der Waals surface area contributed by atoms with Crippen LogP contribution in [0.5, 0.6) is 0 Å². The Morgan fingerprint density at radius 3 is 2.54 bits per heavy atom. The molecule has 0 bridgehead atoms. The number of hydrogen-bond donors (Lipinski definition) is 3. The molecule has 8 heteroatoms. The van der Waals surface area contributed by atoms with Crippen LogP contribution in [0.4, 0.5) is 4.39 Å². The van der Waals surface area contributed by atoms with Gasteiger partial charge >= 0.3 is 5.97 Å². The zero-order valence-electron chi connectivity index (χ0n) is 13.2. The molecule has 3 rings (SSSR count). The van der Waals surface area contributed by atoms with Gasteiger partial charge in [-0.15, -0.1) is 0 Å². The second kappa shape index (κ2) is 6.97. The number of carboxylic acid groups (broad SMARTS) is 1. The fraction of sp³-hybridized carbons (Fsp3) is 0.0556. The van der Waals surface area contributed by atoms with Crippen LogP contribution in [-0.4, -0.2) is 22.0 Å². The van der Waals surface area contributed by atoms with Gasteiger partial charge in [0, 0.05) is 17.8 Å². The van der Waals surface area contributed by atoms with Gasteiger partial charge in [0.1, 0.15) is 11.4 Å². The number of halogens is 2. The lowest BCUT2D eigenvalue weighted by atomic mass is 10.1. The number of carbonyl (C=O) groups excluding carboxylic acids is 1. The maximum absolute atomic E-state index is 14.0. The summed E-state index contributed by atoms with van der Waals surface area (Å²) in [4.78, 5) is 38.4. The number of benzene rings is 2. The highest BCUT2D eigenvalue weighted by molar-refractivity contribution is 6.30. The third kappa shape index (κ3) is 3.43. The van der Waals surface area contributed by atoms with Crippen LogP contribution >= 0.6 is 11.6 Å². The highest BCUT2D eigenvalue weighted by Gasteiger charge is 2.17. The molecule has 1 amide bonds. The Morgan fingerprint density at radius 2 is 1.88 bits per heavy atom. The summed E-state index contributed by atoms with van der Waals surface area (Å²) in [6.45, 7) is 0.164. The number of hydrogen-bond acceptors (Lipinski definition) is 3. The van der Waals surface area contributed by atoms with Crippen LogP contribution < -0.4 is 10.7 Å². The first-order chi connectivity index (χ1) is 12.4. The molecule has 3 N–H and O–H groups in total. The molecule has 1 aromatic heterocycles. The van der Waals surface area contributed by atoms with Crippen molar-refractivity contribution in [2.75, 3.05) is 0 Å². The fourth-order valence-corrected chi connectivity index (χ4v) is 2.59. The molecule has 3 aromatic rings. The van der Waals surface area contributed by atoms with Gasteiger partial charge in [-0.2, -0.15) is 0 Å². The molecule has 6 nitrogen and oxygen atoms in total. The molecule has 0 saturated heterocycles. The summed E-state index contributed by atoms with van der Waals surface area (Å²) in [6.07, 6.45) is 1.10. The molecule has 0 spiro atoms. The van der Waals surface area contributed by atoms with Gasteiger partial charge in [-0.1, -0.05) is 23.7 Å². The summed E-state index contributed by atoms with van der Waals surface area (Å²) >= 11 is 5.79. The van der Waals surface area contributed by atoms with E-state index in [0.717, 1.165) is 23.9 Å². The lowest BCUT2D eigenvalue weighted by molar-refractivity contribution is 0.0696. The number of carbonyl (C=O) groups is 2. The summed E-state index contributed by atoms with van der Waals surface area (Å²) in [5.74, 6) is -2.92. The topological polar surface area (TPSA) is 99.3 Å². The molecule has 26 heavy (non-hydrogen) atoms. The Labute approximate surface area is 151 Å². The molecular formula is C18H12ClFN2O4. The van der Waals surface area contributed by atoms with Gasteiger partial charge in [0.2, 0.25) is 5.43 Å². The van der Waals surface area contributed by atoms with Gasteiger partial charge < -0.3 is 15.4 Å². The first kappa shape index (κ1) is 17.6. The Morgan fingerprint density at radius 1 is 1.19 bits per heavy atom. The van der Waals surface area contributed by atoms with Crippen molar-refractivity contribution in [2.24, 2.45) is 0 Å². The van der Waals surface area contributed by atoms with E-state index in [1.54, 1.807) is 24.3 Å².